The van der Waals surface area contributed by atoms with Crippen LogP contribution in [0.2, 0.25) is 0 Å². The first kappa shape index (κ1) is 18.9. The number of rotatable bonds is 6. The zero-order chi connectivity index (χ0) is 18.2. The first-order valence-electron chi connectivity index (χ1n) is 8.44. The molecule has 0 atom stereocenters. The Morgan fingerprint density at radius 2 is 2.00 bits per heavy atom. The molecule has 0 unspecified atom stereocenters. The van der Waals surface area contributed by atoms with E-state index in [4.69, 9.17) is 4.74 Å². The van der Waals surface area contributed by atoms with Gasteiger partial charge in [-0.05, 0) is 27.1 Å². The molecule has 1 aliphatic rings. The molecule has 2 heterocycles. The van der Waals surface area contributed by atoms with E-state index in [2.05, 4.69) is 15.3 Å². The van der Waals surface area contributed by atoms with E-state index in [1.165, 1.54) is 0 Å². The normalized spacial score (nSPS) is 14.6. The maximum Gasteiger partial charge on any atom is 0.409 e. The van der Waals surface area contributed by atoms with Gasteiger partial charge in [0.05, 0.1) is 6.61 Å². The van der Waals surface area contributed by atoms with E-state index < -0.39 is 0 Å². The lowest BCUT2D eigenvalue weighted by Crippen LogP contribution is -2.49. The Balaban J connectivity index is 1.91. The third-order valence-corrected chi connectivity index (χ3v) is 3.81. The summed E-state index contributed by atoms with van der Waals surface area (Å²) in [5, 5.41) is 2.84. The Morgan fingerprint density at radius 1 is 1.28 bits per heavy atom. The van der Waals surface area contributed by atoms with Gasteiger partial charge in [-0.15, -0.1) is 0 Å². The van der Waals surface area contributed by atoms with Crippen molar-refractivity contribution in [2.45, 2.75) is 6.92 Å². The minimum Gasteiger partial charge on any atom is -0.450 e. The highest BCUT2D eigenvalue weighted by Crippen LogP contribution is 2.12. The molecule has 2 amide bonds. The molecular weight excluding hydrogens is 324 g/mol. The quantitative estimate of drug-likeness (QED) is 0.775. The van der Waals surface area contributed by atoms with E-state index in [-0.39, 0.29) is 12.0 Å². The third kappa shape index (κ3) is 5.56. The fraction of sp³-hybridized carbons (Fsp3) is 0.625. The fourth-order valence-electron chi connectivity index (χ4n) is 2.41. The average Bonchev–Trinajstić information content (AvgIpc) is 2.62. The highest BCUT2D eigenvalue weighted by Gasteiger charge is 2.23. The van der Waals surface area contributed by atoms with Crippen molar-refractivity contribution in [1.29, 1.82) is 0 Å². The van der Waals surface area contributed by atoms with Crippen molar-refractivity contribution in [3.8, 4) is 0 Å². The van der Waals surface area contributed by atoms with Crippen molar-refractivity contribution >= 4 is 17.9 Å². The van der Waals surface area contributed by atoms with Gasteiger partial charge in [0.15, 0.2) is 0 Å². The zero-order valence-corrected chi connectivity index (χ0v) is 15.1. The van der Waals surface area contributed by atoms with Crippen LogP contribution < -0.4 is 10.2 Å². The SMILES string of the molecule is CCOC(=O)N1CCN(c2nccc(C(=O)NCCN(C)C)n2)CC1. The smallest absolute Gasteiger partial charge is 0.409 e. The molecule has 0 aliphatic carbocycles. The lowest BCUT2D eigenvalue weighted by atomic mass is 10.3. The highest BCUT2D eigenvalue weighted by molar-refractivity contribution is 5.92. The van der Waals surface area contributed by atoms with Crippen LogP contribution in [0.15, 0.2) is 12.3 Å². The van der Waals surface area contributed by atoms with E-state index in [9.17, 15) is 9.59 Å². The van der Waals surface area contributed by atoms with E-state index in [0.717, 1.165) is 6.54 Å². The van der Waals surface area contributed by atoms with Crippen LogP contribution >= 0.6 is 0 Å². The Morgan fingerprint density at radius 3 is 2.64 bits per heavy atom. The van der Waals surface area contributed by atoms with Crippen LogP contribution in [0.5, 0.6) is 0 Å². The molecule has 0 aromatic carbocycles. The van der Waals surface area contributed by atoms with Crippen molar-refractivity contribution in [2.75, 3.05) is 64.9 Å². The minimum absolute atomic E-state index is 0.212. The van der Waals surface area contributed by atoms with Crippen LogP contribution in [0, 0.1) is 0 Å². The Labute approximate surface area is 148 Å². The average molecular weight is 350 g/mol. The summed E-state index contributed by atoms with van der Waals surface area (Å²) in [4.78, 5) is 38.1. The standard InChI is InChI=1S/C16H26N6O3/c1-4-25-16(24)22-11-9-21(10-12-22)15-18-6-5-13(19-15)14(23)17-7-8-20(2)3/h5-6H,4,7-12H2,1-3H3,(H,17,23). The maximum atomic E-state index is 12.2. The summed E-state index contributed by atoms with van der Waals surface area (Å²) in [6.45, 7) is 5.77. The van der Waals surface area contributed by atoms with Crippen molar-refractivity contribution in [3.05, 3.63) is 18.0 Å². The molecule has 0 saturated carbocycles. The Kier molecular flexibility index (Phi) is 6.93. The second-order valence-corrected chi connectivity index (χ2v) is 5.97. The monoisotopic (exact) mass is 350 g/mol. The van der Waals surface area contributed by atoms with Crippen LogP contribution in [-0.4, -0.2) is 91.7 Å². The molecule has 9 heteroatoms. The molecule has 0 bridgehead atoms. The summed E-state index contributed by atoms with van der Waals surface area (Å²) in [6.07, 6.45) is 1.29. The van der Waals surface area contributed by atoms with Crippen molar-refractivity contribution < 1.29 is 14.3 Å². The summed E-state index contributed by atoms with van der Waals surface area (Å²) in [7, 11) is 3.90. The number of nitrogens with one attached hydrogen (secondary N) is 1. The number of ether oxygens (including phenoxy) is 1. The van der Waals surface area contributed by atoms with Crippen LogP contribution in [-0.2, 0) is 4.74 Å². The van der Waals surface area contributed by atoms with Gasteiger partial charge in [-0.1, -0.05) is 0 Å². The van der Waals surface area contributed by atoms with Gasteiger partial charge >= 0.3 is 6.09 Å². The van der Waals surface area contributed by atoms with E-state index in [0.29, 0.717) is 51.0 Å². The molecule has 1 aromatic heterocycles. The summed E-state index contributed by atoms with van der Waals surface area (Å²) >= 11 is 0. The zero-order valence-electron chi connectivity index (χ0n) is 15.1. The third-order valence-electron chi connectivity index (χ3n) is 3.81. The topological polar surface area (TPSA) is 90.9 Å². The Hall–Kier alpha value is -2.42. The van der Waals surface area contributed by atoms with Crippen LogP contribution in [0.4, 0.5) is 10.7 Å². The van der Waals surface area contributed by atoms with Crippen LogP contribution in [0.1, 0.15) is 17.4 Å². The molecule has 1 aliphatic heterocycles. The van der Waals surface area contributed by atoms with Crippen molar-refractivity contribution in [1.82, 2.24) is 25.1 Å². The molecule has 0 spiro atoms. The molecule has 25 heavy (non-hydrogen) atoms. The van der Waals surface area contributed by atoms with E-state index >= 15 is 0 Å². The Bertz CT molecular complexity index is 587. The predicted molar refractivity (Wildman–Crippen MR) is 93.7 cm³/mol. The van der Waals surface area contributed by atoms with Gasteiger partial charge in [-0.3, -0.25) is 4.79 Å². The number of nitrogens with zero attached hydrogens (tertiary/aromatic N) is 5. The first-order chi connectivity index (χ1) is 12.0. The van der Waals surface area contributed by atoms with Gasteiger partial charge in [-0.2, -0.15) is 0 Å². The lowest BCUT2D eigenvalue weighted by Gasteiger charge is -2.34. The number of amides is 2. The maximum absolute atomic E-state index is 12.2. The molecule has 1 fully saturated rings. The molecule has 9 nitrogen and oxygen atoms in total. The molecule has 2 rings (SSSR count). The lowest BCUT2D eigenvalue weighted by molar-refractivity contribution is 0.0946. The summed E-state index contributed by atoms with van der Waals surface area (Å²) in [5.41, 5.74) is 0.344. The number of anilines is 1. The second-order valence-electron chi connectivity index (χ2n) is 5.97. The molecule has 1 aromatic rings. The van der Waals surface area contributed by atoms with Gasteiger partial charge in [0.1, 0.15) is 5.69 Å². The number of hydrogen-bond donors (Lipinski definition) is 1. The molecule has 1 N–H and O–H groups in total. The molecular formula is C16H26N6O3. The van der Waals surface area contributed by atoms with Crippen molar-refractivity contribution in [3.63, 3.8) is 0 Å². The summed E-state index contributed by atoms with van der Waals surface area (Å²) in [6, 6.07) is 1.60. The van der Waals surface area contributed by atoms with Gasteiger partial charge in [0, 0.05) is 45.5 Å². The van der Waals surface area contributed by atoms with E-state index in [1.54, 1.807) is 24.1 Å². The number of carbonyl (C=O) groups excluding carboxylic acids is 2. The van der Waals surface area contributed by atoms with Gasteiger partial charge < -0.3 is 24.8 Å². The number of aromatic nitrogens is 2. The number of carbonyl (C=O) groups is 2. The van der Waals surface area contributed by atoms with Crippen LogP contribution in [0.3, 0.4) is 0 Å². The highest BCUT2D eigenvalue weighted by atomic mass is 16.6. The number of likely N-dealkylation sites (N-methyl/N-ethyl adjacent to an activating group) is 1. The fourth-order valence-corrected chi connectivity index (χ4v) is 2.41. The van der Waals surface area contributed by atoms with Crippen LogP contribution in [0.25, 0.3) is 0 Å². The molecule has 0 radical (unpaired) electrons. The molecule has 138 valence electrons. The van der Waals surface area contributed by atoms with Gasteiger partial charge in [-0.25, -0.2) is 14.8 Å². The second kappa shape index (κ2) is 9.16. The first-order valence-corrected chi connectivity index (χ1v) is 8.44. The molecule has 1 saturated heterocycles. The summed E-state index contributed by atoms with van der Waals surface area (Å²) < 4.78 is 5.01. The minimum atomic E-state index is -0.294. The number of piperazine rings is 1. The summed E-state index contributed by atoms with van der Waals surface area (Å²) in [5.74, 6) is 0.291. The van der Waals surface area contributed by atoms with E-state index in [1.807, 2.05) is 23.9 Å². The predicted octanol–water partition coefficient (Wildman–Crippen LogP) is 0.0465. The van der Waals surface area contributed by atoms with Gasteiger partial charge in [0.2, 0.25) is 5.95 Å². The van der Waals surface area contributed by atoms with Gasteiger partial charge in [0.25, 0.3) is 5.91 Å². The number of hydrogen-bond acceptors (Lipinski definition) is 7. The largest absolute Gasteiger partial charge is 0.450 e. The van der Waals surface area contributed by atoms with Crippen molar-refractivity contribution in [2.24, 2.45) is 0 Å².